The first kappa shape index (κ1) is 19.9. The monoisotopic (exact) mass is 421 g/mol. The van der Waals surface area contributed by atoms with Crippen LogP contribution in [0, 0.1) is 5.82 Å². The largest absolute Gasteiger partial charge is 0.454 e. The molecule has 3 N–H and O–H groups in total. The third-order valence-corrected chi connectivity index (χ3v) is 6.00. The lowest BCUT2D eigenvalue weighted by Crippen LogP contribution is -3.29. The average Bonchev–Trinajstić information content (AvgIpc) is 3.18. The number of ether oxygens (including phenoxy) is 2. The van der Waals surface area contributed by atoms with Gasteiger partial charge in [-0.1, -0.05) is 11.6 Å². The molecule has 1 saturated heterocycles. The number of anilines is 1. The highest BCUT2D eigenvalue weighted by Gasteiger charge is 2.31. The zero-order valence-corrected chi connectivity index (χ0v) is 17.0. The first-order valence-corrected chi connectivity index (χ1v) is 10.2. The predicted octanol–water partition coefficient (Wildman–Crippen LogP) is 0.518. The molecule has 0 aromatic heterocycles. The number of rotatable bonds is 5. The van der Waals surface area contributed by atoms with E-state index in [-0.39, 0.29) is 23.8 Å². The van der Waals surface area contributed by atoms with Crippen LogP contribution in [0.3, 0.4) is 0 Å². The fourth-order valence-corrected chi connectivity index (χ4v) is 4.11. The molecule has 2 heterocycles. The van der Waals surface area contributed by atoms with Crippen LogP contribution in [0.5, 0.6) is 11.5 Å². The first-order chi connectivity index (χ1) is 14.0. The summed E-state index contributed by atoms with van der Waals surface area (Å²) in [5.74, 6) is 1.09. The van der Waals surface area contributed by atoms with Crippen LogP contribution in [0.25, 0.3) is 0 Å². The summed E-state index contributed by atoms with van der Waals surface area (Å²) in [5.41, 5.74) is 1.67. The van der Waals surface area contributed by atoms with Crippen LogP contribution >= 0.6 is 11.6 Å². The lowest BCUT2D eigenvalue weighted by Gasteiger charge is -2.32. The molecule has 29 heavy (non-hydrogen) atoms. The highest BCUT2D eigenvalue weighted by Crippen LogP contribution is 2.32. The van der Waals surface area contributed by atoms with E-state index in [9.17, 15) is 9.18 Å². The number of piperazine rings is 1. The van der Waals surface area contributed by atoms with Crippen molar-refractivity contribution in [1.82, 2.24) is 0 Å². The summed E-state index contributed by atoms with van der Waals surface area (Å²) in [6.45, 7) is 6.92. The standard InChI is InChI=1S/C21H23ClFN3O3/c1-14(21(27)24-18-4-3-16(23)11-17(18)22)26-8-6-25(7-9-26)12-15-2-5-19-20(10-15)29-13-28-19/h2-5,10-11,14H,6-9,12-13H2,1H3,(H,24,27)/p+2/t14-/m0/s1. The fourth-order valence-electron chi connectivity index (χ4n) is 3.89. The van der Waals surface area contributed by atoms with Crippen LogP contribution in [0.4, 0.5) is 10.1 Å². The molecule has 6 nitrogen and oxygen atoms in total. The molecule has 1 amide bonds. The minimum absolute atomic E-state index is 0.104. The van der Waals surface area contributed by atoms with Crippen LogP contribution in [-0.4, -0.2) is 44.9 Å². The van der Waals surface area contributed by atoms with E-state index >= 15 is 0 Å². The Kier molecular flexibility index (Phi) is 5.89. The minimum Gasteiger partial charge on any atom is -0.454 e. The molecule has 2 aromatic rings. The van der Waals surface area contributed by atoms with E-state index < -0.39 is 5.82 Å². The van der Waals surface area contributed by atoms with E-state index in [0.717, 1.165) is 44.2 Å². The second kappa shape index (κ2) is 8.57. The summed E-state index contributed by atoms with van der Waals surface area (Å²) in [6, 6.07) is 9.88. The van der Waals surface area contributed by atoms with E-state index in [1.54, 1.807) is 0 Å². The van der Waals surface area contributed by atoms with Gasteiger partial charge in [0.25, 0.3) is 5.91 Å². The molecule has 0 aliphatic carbocycles. The van der Waals surface area contributed by atoms with Crippen molar-refractivity contribution in [1.29, 1.82) is 0 Å². The summed E-state index contributed by atoms with van der Waals surface area (Å²) in [4.78, 5) is 15.3. The summed E-state index contributed by atoms with van der Waals surface area (Å²) < 4.78 is 24.0. The van der Waals surface area contributed by atoms with Crippen LogP contribution in [0.15, 0.2) is 36.4 Å². The van der Waals surface area contributed by atoms with Gasteiger partial charge in [0, 0.05) is 5.56 Å². The first-order valence-electron chi connectivity index (χ1n) is 9.82. The van der Waals surface area contributed by atoms with Crippen molar-refractivity contribution in [2.24, 2.45) is 0 Å². The molecule has 2 aromatic carbocycles. The molecule has 0 radical (unpaired) electrons. The molecule has 2 aliphatic rings. The summed E-state index contributed by atoms with van der Waals surface area (Å²) in [5, 5.41) is 3.03. The normalized spacial score (nSPS) is 21.6. The van der Waals surface area contributed by atoms with Crippen molar-refractivity contribution in [3.8, 4) is 11.5 Å². The Bertz CT molecular complexity index is 903. The van der Waals surface area contributed by atoms with E-state index in [1.165, 1.54) is 33.6 Å². The van der Waals surface area contributed by atoms with Gasteiger partial charge in [0.15, 0.2) is 17.5 Å². The van der Waals surface area contributed by atoms with Gasteiger partial charge in [-0.25, -0.2) is 4.39 Å². The quantitative estimate of drug-likeness (QED) is 0.659. The summed E-state index contributed by atoms with van der Waals surface area (Å²) in [6.07, 6.45) is 0. The molecule has 0 bridgehead atoms. The highest BCUT2D eigenvalue weighted by atomic mass is 35.5. The molecule has 0 saturated carbocycles. The van der Waals surface area contributed by atoms with Gasteiger partial charge in [-0.05, 0) is 43.3 Å². The van der Waals surface area contributed by atoms with Gasteiger partial charge in [0.2, 0.25) is 6.79 Å². The van der Waals surface area contributed by atoms with Crippen molar-refractivity contribution in [2.75, 3.05) is 38.3 Å². The van der Waals surface area contributed by atoms with Crippen LogP contribution in [0.2, 0.25) is 5.02 Å². The molecule has 1 atom stereocenters. The third-order valence-electron chi connectivity index (χ3n) is 5.69. The van der Waals surface area contributed by atoms with Gasteiger partial charge < -0.3 is 24.6 Å². The Balaban J connectivity index is 1.29. The zero-order valence-electron chi connectivity index (χ0n) is 16.3. The number of hydrogen-bond donors (Lipinski definition) is 3. The fraction of sp³-hybridized carbons (Fsp3) is 0.381. The lowest BCUT2D eigenvalue weighted by molar-refractivity contribution is -1.02. The van der Waals surface area contributed by atoms with E-state index in [1.807, 2.05) is 13.0 Å². The number of carbonyl (C=O) groups excluding carboxylic acids is 1. The van der Waals surface area contributed by atoms with Crippen molar-refractivity contribution < 1.29 is 28.5 Å². The zero-order chi connectivity index (χ0) is 20.4. The summed E-state index contributed by atoms with van der Waals surface area (Å²) in [7, 11) is 0. The molecule has 2 aliphatic heterocycles. The number of benzene rings is 2. The lowest BCUT2D eigenvalue weighted by atomic mass is 10.1. The maximum absolute atomic E-state index is 13.2. The highest BCUT2D eigenvalue weighted by molar-refractivity contribution is 6.33. The maximum Gasteiger partial charge on any atom is 0.282 e. The van der Waals surface area contributed by atoms with Gasteiger partial charge in [-0.3, -0.25) is 4.79 Å². The number of carbonyl (C=O) groups is 1. The molecule has 154 valence electrons. The second-order valence-electron chi connectivity index (χ2n) is 7.61. The number of halogens is 2. The maximum atomic E-state index is 13.2. The van der Waals surface area contributed by atoms with Gasteiger partial charge in [-0.2, -0.15) is 0 Å². The Morgan fingerprint density at radius 3 is 2.66 bits per heavy atom. The van der Waals surface area contributed by atoms with E-state index in [0.29, 0.717) is 5.69 Å². The number of quaternary nitrogens is 2. The van der Waals surface area contributed by atoms with Crippen molar-refractivity contribution in [3.63, 3.8) is 0 Å². The molecule has 0 unspecified atom stereocenters. The predicted molar refractivity (Wildman–Crippen MR) is 107 cm³/mol. The summed E-state index contributed by atoms with van der Waals surface area (Å²) >= 11 is 6.01. The third kappa shape index (κ3) is 4.63. The van der Waals surface area contributed by atoms with E-state index in [4.69, 9.17) is 21.1 Å². The Morgan fingerprint density at radius 1 is 1.14 bits per heavy atom. The number of hydrogen-bond acceptors (Lipinski definition) is 3. The van der Waals surface area contributed by atoms with Crippen molar-refractivity contribution in [3.05, 3.63) is 52.8 Å². The molecular weight excluding hydrogens is 397 g/mol. The molecular formula is C21H25ClFN3O3+2. The van der Waals surface area contributed by atoms with Crippen LogP contribution in [0.1, 0.15) is 12.5 Å². The Hall–Kier alpha value is -2.35. The average molecular weight is 422 g/mol. The van der Waals surface area contributed by atoms with Gasteiger partial charge >= 0.3 is 0 Å². The van der Waals surface area contributed by atoms with Gasteiger partial charge in [0.1, 0.15) is 38.5 Å². The van der Waals surface area contributed by atoms with Gasteiger partial charge in [0.05, 0.1) is 10.7 Å². The number of nitrogens with one attached hydrogen (secondary N) is 3. The van der Waals surface area contributed by atoms with Gasteiger partial charge in [-0.15, -0.1) is 0 Å². The van der Waals surface area contributed by atoms with Crippen molar-refractivity contribution >= 4 is 23.2 Å². The smallest absolute Gasteiger partial charge is 0.282 e. The van der Waals surface area contributed by atoms with Crippen molar-refractivity contribution in [2.45, 2.75) is 19.5 Å². The molecule has 0 spiro atoms. The van der Waals surface area contributed by atoms with Crippen LogP contribution < -0.4 is 24.6 Å². The topological polar surface area (TPSA) is 56.4 Å². The second-order valence-corrected chi connectivity index (χ2v) is 8.01. The SMILES string of the molecule is C[C@@H](C(=O)Nc1ccc(F)cc1Cl)[NH+]1CC[NH+](Cc2ccc3c(c2)OCO3)CC1. The number of amides is 1. The Morgan fingerprint density at radius 2 is 1.90 bits per heavy atom. The van der Waals surface area contributed by atoms with Crippen LogP contribution in [-0.2, 0) is 11.3 Å². The molecule has 1 fully saturated rings. The van der Waals surface area contributed by atoms with E-state index in [2.05, 4.69) is 17.4 Å². The number of fused-ring (bicyclic) bond motifs is 1. The minimum atomic E-state index is -0.423. The molecule has 4 rings (SSSR count). The Labute approximate surface area is 174 Å². The molecule has 8 heteroatoms.